The van der Waals surface area contributed by atoms with Crippen LogP contribution in [0.3, 0.4) is 0 Å². The van der Waals surface area contributed by atoms with Gasteiger partial charge in [-0.2, -0.15) is 0 Å². The highest BCUT2D eigenvalue weighted by Gasteiger charge is 2.35. The number of nitrogens with two attached hydrogens (primary N) is 1. The van der Waals surface area contributed by atoms with E-state index in [-0.39, 0.29) is 17.0 Å². The molecule has 1 fully saturated rings. The standard InChI is InChI=1S/C11H23NO2S/c1-8-4-5-11(6-9(8)2)15(13,14)10(3)7-12/h8-11H,4-7,12H2,1-3H3. The van der Waals surface area contributed by atoms with Crippen LogP contribution in [0.1, 0.15) is 40.0 Å². The normalized spacial score (nSPS) is 35.1. The van der Waals surface area contributed by atoms with E-state index in [1.54, 1.807) is 6.92 Å². The van der Waals surface area contributed by atoms with Crippen LogP contribution in [0.5, 0.6) is 0 Å². The Kier molecular flexibility index (Phi) is 4.18. The minimum absolute atomic E-state index is 0.151. The van der Waals surface area contributed by atoms with Gasteiger partial charge < -0.3 is 5.73 Å². The molecule has 1 aliphatic rings. The van der Waals surface area contributed by atoms with Crippen molar-refractivity contribution in [2.24, 2.45) is 17.6 Å². The first-order valence-electron chi connectivity index (χ1n) is 5.82. The number of rotatable bonds is 3. The Morgan fingerprint density at radius 2 is 1.87 bits per heavy atom. The molecule has 0 aromatic carbocycles. The highest BCUT2D eigenvalue weighted by molar-refractivity contribution is 7.92. The van der Waals surface area contributed by atoms with Gasteiger partial charge in [-0.25, -0.2) is 8.42 Å². The van der Waals surface area contributed by atoms with Gasteiger partial charge in [-0.05, 0) is 38.0 Å². The van der Waals surface area contributed by atoms with Gasteiger partial charge in [-0.1, -0.05) is 13.8 Å². The van der Waals surface area contributed by atoms with Gasteiger partial charge >= 0.3 is 0 Å². The Hall–Kier alpha value is -0.0900. The predicted octanol–water partition coefficient (Wildman–Crippen LogP) is 1.57. The average Bonchev–Trinajstić information content (AvgIpc) is 2.20. The Balaban J connectivity index is 2.73. The van der Waals surface area contributed by atoms with Crippen molar-refractivity contribution in [3.63, 3.8) is 0 Å². The molecule has 4 heteroatoms. The predicted molar refractivity (Wildman–Crippen MR) is 63.4 cm³/mol. The van der Waals surface area contributed by atoms with Crippen LogP contribution in [-0.2, 0) is 9.84 Å². The zero-order valence-electron chi connectivity index (χ0n) is 9.94. The summed E-state index contributed by atoms with van der Waals surface area (Å²) >= 11 is 0. The first-order valence-corrected chi connectivity index (χ1v) is 7.43. The van der Waals surface area contributed by atoms with Gasteiger partial charge in [0, 0.05) is 6.54 Å². The van der Waals surface area contributed by atoms with Crippen molar-refractivity contribution >= 4 is 9.84 Å². The average molecular weight is 233 g/mol. The topological polar surface area (TPSA) is 60.2 Å². The highest BCUT2D eigenvalue weighted by atomic mass is 32.2. The van der Waals surface area contributed by atoms with Crippen molar-refractivity contribution in [3.05, 3.63) is 0 Å². The second-order valence-electron chi connectivity index (χ2n) is 5.02. The quantitative estimate of drug-likeness (QED) is 0.805. The SMILES string of the molecule is CC1CCC(S(=O)(=O)C(C)CN)CC1C. The maximum absolute atomic E-state index is 12.1. The lowest BCUT2D eigenvalue weighted by molar-refractivity contribution is 0.277. The fraction of sp³-hybridized carbons (Fsp3) is 1.00. The van der Waals surface area contributed by atoms with Gasteiger partial charge in [0.2, 0.25) is 0 Å². The summed E-state index contributed by atoms with van der Waals surface area (Å²) in [6.45, 7) is 6.32. The number of hydrogen-bond donors (Lipinski definition) is 1. The van der Waals surface area contributed by atoms with Crippen LogP contribution in [0.15, 0.2) is 0 Å². The molecule has 0 spiro atoms. The zero-order valence-corrected chi connectivity index (χ0v) is 10.8. The van der Waals surface area contributed by atoms with E-state index in [0.717, 1.165) is 19.3 Å². The molecule has 90 valence electrons. The first-order chi connectivity index (χ1) is 6.89. The molecule has 2 N–H and O–H groups in total. The summed E-state index contributed by atoms with van der Waals surface area (Å²) < 4.78 is 24.2. The Morgan fingerprint density at radius 1 is 1.27 bits per heavy atom. The maximum atomic E-state index is 12.1. The summed E-state index contributed by atoms with van der Waals surface area (Å²) in [6, 6.07) is 0. The number of hydrogen-bond acceptors (Lipinski definition) is 3. The molecule has 15 heavy (non-hydrogen) atoms. The third kappa shape index (κ3) is 2.72. The van der Waals surface area contributed by atoms with E-state index in [0.29, 0.717) is 11.8 Å². The lowest BCUT2D eigenvalue weighted by Gasteiger charge is -2.33. The highest BCUT2D eigenvalue weighted by Crippen LogP contribution is 2.34. The minimum Gasteiger partial charge on any atom is -0.329 e. The third-order valence-corrected chi connectivity index (χ3v) is 6.58. The number of sulfone groups is 1. The fourth-order valence-electron chi connectivity index (χ4n) is 2.26. The van der Waals surface area contributed by atoms with Gasteiger partial charge in [0.25, 0.3) is 0 Å². The van der Waals surface area contributed by atoms with Gasteiger partial charge in [-0.3, -0.25) is 0 Å². The summed E-state index contributed by atoms with van der Waals surface area (Å²) in [7, 11) is -2.99. The largest absolute Gasteiger partial charge is 0.329 e. The molecule has 1 aliphatic carbocycles. The van der Waals surface area contributed by atoms with E-state index in [1.165, 1.54) is 0 Å². The van der Waals surface area contributed by atoms with Gasteiger partial charge in [0.05, 0.1) is 10.5 Å². The van der Waals surface area contributed by atoms with Crippen molar-refractivity contribution in [2.75, 3.05) is 6.54 Å². The zero-order chi connectivity index (χ0) is 11.6. The van der Waals surface area contributed by atoms with Crippen LogP contribution < -0.4 is 5.73 Å². The van der Waals surface area contributed by atoms with Crippen LogP contribution >= 0.6 is 0 Å². The fourth-order valence-corrected chi connectivity index (χ4v) is 4.22. The van der Waals surface area contributed by atoms with E-state index >= 15 is 0 Å². The van der Waals surface area contributed by atoms with E-state index in [1.807, 2.05) is 0 Å². The molecule has 0 aliphatic heterocycles. The molecule has 0 radical (unpaired) electrons. The van der Waals surface area contributed by atoms with Crippen molar-refractivity contribution in [2.45, 2.75) is 50.5 Å². The monoisotopic (exact) mass is 233 g/mol. The van der Waals surface area contributed by atoms with Gasteiger partial charge in [0.1, 0.15) is 0 Å². The van der Waals surface area contributed by atoms with Crippen LogP contribution in [0.25, 0.3) is 0 Å². The van der Waals surface area contributed by atoms with E-state index in [2.05, 4.69) is 13.8 Å². The second-order valence-corrected chi connectivity index (χ2v) is 7.67. The van der Waals surface area contributed by atoms with E-state index in [4.69, 9.17) is 5.73 Å². The molecule has 1 rings (SSSR count). The Morgan fingerprint density at radius 3 is 2.33 bits per heavy atom. The summed E-state index contributed by atoms with van der Waals surface area (Å²) in [6.07, 6.45) is 2.66. The molecular weight excluding hydrogens is 210 g/mol. The van der Waals surface area contributed by atoms with Crippen molar-refractivity contribution in [1.82, 2.24) is 0 Å². The molecule has 0 aromatic heterocycles. The molecule has 0 heterocycles. The van der Waals surface area contributed by atoms with Crippen molar-refractivity contribution in [1.29, 1.82) is 0 Å². The summed E-state index contributed by atoms with van der Waals surface area (Å²) in [5.74, 6) is 1.17. The lowest BCUT2D eigenvalue weighted by atomic mass is 9.81. The third-order valence-electron chi connectivity index (χ3n) is 3.91. The van der Waals surface area contributed by atoms with Crippen molar-refractivity contribution in [3.8, 4) is 0 Å². The molecule has 0 saturated heterocycles. The van der Waals surface area contributed by atoms with Gasteiger partial charge in [-0.15, -0.1) is 0 Å². The van der Waals surface area contributed by atoms with E-state index in [9.17, 15) is 8.42 Å². The summed E-state index contributed by atoms with van der Waals surface area (Å²) in [5, 5.41) is -0.537. The lowest BCUT2D eigenvalue weighted by Crippen LogP contribution is -2.39. The molecule has 4 unspecified atom stereocenters. The van der Waals surface area contributed by atoms with Crippen LogP contribution in [0.2, 0.25) is 0 Å². The Labute approximate surface area is 93.3 Å². The second kappa shape index (κ2) is 4.83. The first kappa shape index (κ1) is 13.0. The van der Waals surface area contributed by atoms with E-state index < -0.39 is 9.84 Å². The van der Waals surface area contributed by atoms with Crippen LogP contribution in [0, 0.1) is 11.8 Å². The molecule has 3 nitrogen and oxygen atoms in total. The minimum atomic E-state index is -2.99. The van der Waals surface area contributed by atoms with Crippen molar-refractivity contribution < 1.29 is 8.42 Å². The summed E-state index contributed by atoms with van der Waals surface area (Å²) in [5.41, 5.74) is 5.45. The molecular formula is C11H23NO2S. The summed E-state index contributed by atoms with van der Waals surface area (Å²) in [4.78, 5) is 0. The Bertz CT molecular complexity index is 300. The molecule has 0 bridgehead atoms. The molecule has 0 amide bonds. The molecule has 0 aromatic rings. The molecule has 4 atom stereocenters. The van der Waals surface area contributed by atoms with Crippen LogP contribution in [0.4, 0.5) is 0 Å². The molecule has 1 saturated carbocycles. The maximum Gasteiger partial charge on any atom is 0.156 e. The van der Waals surface area contributed by atoms with Gasteiger partial charge in [0.15, 0.2) is 9.84 Å². The van der Waals surface area contributed by atoms with Crippen LogP contribution in [-0.4, -0.2) is 25.5 Å². The smallest absolute Gasteiger partial charge is 0.156 e.